The number of rotatable bonds is 3. The van der Waals surface area contributed by atoms with E-state index in [1.807, 2.05) is 0 Å². The Balaban J connectivity index is 2.55. The van der Waals surface area contributed by atoms with E-state index in [4.69, 9.17) is 0 Å². The molecule has 1 saturated heterocycles. The largest absolute Gasteiger partial charge is 0.289 e. The van der Waals surface area contributed by atoms with Gasteiger partial charge in [0.05, 0.1) is 4.92 Å². The fourth-order valence-corrected chi connectivity index (χ4v) is 4.13. The number of nitrogens with zero attached hydrogens (tertiary/aromatic N) is 2. The topological polar surface area (TPSA) is 80.5 Å². The number of hydrogen-bond acceptors (Lipinski definition) is 4. The lowest BCUT2D eigenvalue weighted by molar-refractivity contribution is -0.387. The van der Waals surface area contributed by atoms with Gasteiger partial charge in [-0.2, -0.15) is 4.31 Å². The van der Waals surface area contributed by atoms with Gasteiger partial charge in [0.15, 0.2) is 4.90 Å². The number of benzene rings is 1. The van der Waals surface area contributed by atoms with E-state index in [0.717, 1.165) is 12.8 Å². The van der Waals surface area contributed by atoms with E-state index < -0.39 is 14.9 Å². The third kappa shape index (κ3) is 2.40. The van der Waals surface area contributed by atoms with Gasteiger partial charge in [-0.1, -0.05) is 15.9 Å². The average molecular weight is 335 g/mol. The zero-order valence-corrected chi connectivity index (χ0v) is 11.8. The summed E-state index contributed by atoms with van der Waals surface area (Å²) in [5.41, 5.74) is -0.384. The molecule has 1 aliphatic heterocycles. The molecule has 98 valence electrons. The Hall–Kier alpha value is -0.990. The van der Waals surface area contributed by atoms with Crippen LogP contribution in [-0.2, 0) is 10.0 Å². The van der Waals surface area contributed by atoms with Crippen molar-refractivity contribution in [2.45, 2.75) is 17.7 Å². The minimum Gasteiger partial charge on any atom is -0.258 e. The summed E-state index contributed by atoms with van der Waals surface area (Å²) in [6.07, 6.45) is 1.59. The number of hydrogen-bond donors (Lipinski definition) is 0. The minimum absolute atomic E-state index is 0.247. The molecule has 6 nitrogen and oxygen atoms in total. The molecule has 0 aromatic heterocycles. The van der Waals surface area contributed by atoms with Gasteiger partial charge in [-0.05, 0) is 25.0 Å². The quantitative estimate of drug-likeness (QED) is 0.626. The summed E-state index contributed by atoms with van der Waals surface area (Å²) in [7, 11) is -3.78. The number of halogens is 1. The molecule has 8 heteroatoms. The Morgan fingerprint density at radius 2 is 1.89 bits per heavy atom. The highest BCUT2D eigenvalue weighted by atomic mass is 79.9. The van der Waals surface area contributed by atoms with Crippen molar-refractivity contribution >= 4 is 31.6 Å². The van der Waals surface area contributed by atoms with Crippen LogP contribution in [0.3, 0.4) is 0 Å². The van der Waals surface area contributed by atoms with E-state index in [1.165, 1.54) is 22.5 Å². The van der Waals surface area contributed by atoms with Crippen LogP contribution in [0.25, 0.3) is 0 Å². The molecule has 1 aromatic rings. The van der Waals surface area contributed by atoms with Crippen LogP contribution in [-0.4, -0.2) is 30.7 Å². The van der Waals surface area contributed by atoms with E-state index in [2.05, 4.69) is 15.9 Å². The number of nitro groups is 1. The van der Waals surface area contributed by atoms with Crippen LogP contribution in [0.2, 0.25) is 0 Å². The fraction of sp³-hybridized carbons (Fsp3) is 0.400. The zero-order chi connectivity index (χ0) is 13.3. The molecule has 0 unspecified atom stereocenters. The lowest BCUT2D eigenvalue weighted by Crippen LogP contribution is -2.28. The molecule has 1 heterocycles. The lowest BCUT2D eigenvalue weighted by Gasteiger charge is -2.15. The van der Waals surface area contributed by atoms with Crippen LogP contribution >= 0.6 is 15.9 Å². The second-order valence-electron chi connectivity index (χ2n) is 3.98. The summed E-state index contributed by atoms with van der Waals surface area (Å²) in [4.78, 5) is 9.98. The third-order valence-electron chi connectivity index (χ3n) is 2.80. The van der Waals surface area contributed by atoms with Gasteiger partial charge >= 0.3 is 0 Å². The van der Waals surface area contributed by atoms with E-state index in [1.54, 1.807) is 0 Å². The molecule has 0 spiro atoms. The zero-order valence-electron chi connectivity index (χ0n) is 9.37. The van der Waals surface area contributed by atoms with E-state index in [-0.39, 0.29) is 10.6 Å². The fourth-order valence-electron chi connectivity index (χ4n) is 1.91. The first-order chi connectivity index (χ1) is 8.43. The summed E-state index contributed by atoms with van der Waals surface area (Å²) in [5.74, 6) is 0. The first-order valence-electron chi connectivity index (χ1n) is 5.37. The van der Waals surface area contributed by atoms with Crippen molar-refractivity contribution in [3.05, 3.63) is 32.8 Å². The summed E-state index contributed by atoms with van der Waals surface area (Å²) in [6.45, 7) is 0.845. The van der Waals surface area contributed by atoms with Gasteiger partial charge in [0.25, 0.3) is 5.69 Å². The van der Waals surface area contributed by atoms with Crippen LogP contribution in [0.4, 0.5) is 5.69 Å². The Morgan fingerprint density at radius 1 is 1.28 bits per heavy atom. The van der Waals surface area contributed by atoms with Crippen molar-refractivity contribution in [2.75, 3.05) is 13.1 Å². The van der Waals surface area contributed by atoms with Crippen molar-refractivity contribution in [3.63, 3.8) is 0 Å². The Morgan fingerprint density at radius 3 is 2.44 bits per heavy atom. The maximum atomic E-state index is 12.3. The summed E-state index contributed by atoms with van der Waals surface area (Å²) >= 11 is 3.14. The van der Waals surface area contributed by atoms with Crippen molar-refractivity contribution in [3.8, 4) is 0 Å². The molecule has 0 atom stereocenters. The van der Waals surface area contributed by atoms with Gasteiger partial charge in [-0.3, -0.25) is 10.1 Å². The molecular weight excluding hydrogens is 324 g/mol. The van der Waals surface area contributed by atoms with Crippen LogP contribution in [0.15, 0.2) is 27.6 Å². The molecule has 18 heavy (non-hydrogen) atoms. The molecule has 1 fully saturated rings. The van der Waals surface area contributed by atoms with E-state index in [9.17, 15) is 18.5 Å². The maximum absolute atomic E-state index is 12.3. The number of sulfonamides is 1. The second-order valence-corrected chi connectivity index (χ2v) is 6.80. The lowest BCUT2D eigenvalue weighted by atomic mass is 10.3. The predicted octanol–water partition coefficient (Wildman–Crippen LogP) is 2.14. The highest BCUT2D eigenvalue weighted by molar-refractivity contribution is 9.10. The molecule has 0 radical (unpaired) electrons. The van der Waals surface area contributed by atoms with Crippen molar-refractivity contribution in [1.82, 2.24) is 4.31 Å². The van der Waals surface area contributed by atoms with Gasteiger partial charge in [0, 0.05) is 23.6 Å². The summed E-state index contributed by atoms with van der Waals surface area (Å²) < 4.78 is 26.4. The van der Waals surface area contributed by atoms with Crippen LogP contribution in [0, 0.1) is 10.1 Å². The maximum Gasteiger partial charge on any atom is 0.289 e. The molecular formula is C10H11BrN2O4S. The SMILES string of the molecule is O=[N+]([O-])c1ccc(Br)cc1S(=O)(=O)N1CCCC1. The van der Waals surface area contributed by atoms with E-state index >= 15 is 0 Å². The Labute approximate surface area is 113 Å². The monoisotopic (exact) mass is 334 g/mol. The van der Waals surface area contributed by atoms with E-state index in [0.29, 0.717) is 17.6 Å². The molecule has 1 aromatic carbocycles. The predicted molar refractivity (Wildman–Crippen MR) is 68.8 cm³/mol. The highest BCUT2D eigenvalue weighted by Gasteiger charge is 2.33. The molecule has 0 amide bonds. The Bertz CT molecular complexity index is 582. The molecule has 2 rings (SSSR count). The molecule has 0 aliphatic carbocycles. The Kier molecular flexibility index (Phi) is 3.69. The van der Waals surface area contributed by atoms with Crippen LogP contribution in [0.5, 0.6) is 0 Å². The first-order valence-corrected chi connectivity index (χ1v) is 7.60. The van der Waals surface area contributed by atoms with Crippen molar-refractivity contribution in [1.29, 1.82) is 0 Å². The van der Waals surface area contributed by atoms with Crippen LogP contribution in [0.1, 0.15) is 12.8 Å². The van der Waals surface area contributed by atoms with Gasteiger partial charge in [0.1, 0.15) is 0 Å². The van der Waals surface area contributed by atoms with Gasteiger partial charge in [-0.15, -0.1) is 0 Å². The molecule has 0 bridgehead atoms. The van der Waals surface area contributed by atoms with Gasteiger partial charge in [-0.25, -0.2) is 8.42 Å². The molecule has 0 saturated carbocycles. The molecule has 1 aliphatic rings. The highest BCUT2D eigenvalue weighted by Crippen LogP contribution is 2.31. The third-order valence-corrected chi connectivity index (χ3v) is 5.22. The average Bonchev–Trinajstić information content (AvgIpc) is 2.82. The normalized spacial score (nSPS) is 16.9. The van der Waals surface area contributed by atoms with Gasteiger partial charge in [0.2, 0.25) is 10.0 Å². The second kappa shape index (κ2) is 4.94. The minimum atomic E-state index is -3.78. The molecule has 0 N–H and O–H groups in total. The first kappa shape index (κ1) is 13.4. The van der Waals surface area contributed by atoms with Crippen LogP contribution < -0.4 is 0 Å². The van der Waals surface area contributed by atoms with Crippen molar-refractivity contribution in [2.24, 2.45) is 0 Å². The van der Waals surface area contributed by atoms with Crippen molar-refractivity contribution < 1.29 is 13.3 Å². The standard InChI is InChI=1S/C10H11BrN2O4S/c11-8-3-4-9(13(14)15)10(7-8)18(16,17)12-5-1-2-6-12/h3-4,7H,1-2,5-6H2. The van der Waals surface area contributed by atoms with Gasteiger partial charge < -0.3 is 0 Å². The smallest absolute Gasteiger partial charge is 0.258 e. The number of nitro benzene ring substituents is 1. The summed E-state index contributed by atoms with van der Waals surface area (Å²) in [6, 6.07) is 3.94. The summed E-state index contributed by atoms with van der Waals surface area (Å²) in [5, 5.41) is 10.9.